The molecule has 3 rings (SSSR count). The van der Waals surface area contributed by atoms with Crippen molar-refractivity contribution in [2.45, 2.75) is 39.2 Å². The van der Waals surface area contributed by atoms with Crippen molar-refractivity contribution in [1.29, 1.82) is 0 Å². The number of anilines is 1. The van der Waals surface area contributed by atoms with Crippen LogP contribution in [-0.4, -0.2) is 54.9 Å². The number of methoxy groups -OCH3 is 1. The van der Waals surface area contributed by atoms with Gasteiger partial charge < -0.3 is 14.4 Å². The molecule has 0 aromatic heterocycles. The molecule has 0 unspecified atom stereocenters. The Labute approximate surface area is 175 Å². The quantitative estimate of drug-likeness (QED) is 0.515. The van der Waals surface area contributed by atoms with Crippen LogP contribution in [0.4, 0.5) is 10.5 Å². The SMILES string of the molecule is CCOC(=O)[C@H](C)N1C(=O)S/C(=C/c2ccc(N3CCCCC3)cc2OC)C1=O. The first-order valence-corrected chi connectivity index (χ1v) is 10.6. The molecule has 1 aromatic carbocycles. The lowest BCUT2D eigenvalue weighted by atomic mass is 10.1. The summed E-state index contributed by atoms with van der Waals surface area (Å²) in [4.78, 5) is 40.6. The molecule has 2 heterocycles. The third-order valence-corrected chi connectivity index (χ3v) is 5.95. The predicted molar refractivity (Wildman–Crippen MR) is 113 cm³/mol. The molecule has 7 nitrogen and oxygen atoms in total. The number of thioether (sulfide) groups is 1. The third kappa shape index (κ3) is 4.58. The molecule has 0 N–H and O–H groups in total. The number of nitrogens with zero attached hydrogens (tertiary/aromatic N) is 2. The van der Waals surface area contributed by atoms with E-state index in [2.05, 4.69) is 4.90 Å². The van der Waals surface area contributed by atoms with Gasteiger partial charge in [-0.2, -0.15) is 0 Å². The first-order valence-electron chi connectivity index (χ1n) is 9.83. The summed E-state index contributed by atoms with van der Waals surface area (Å²) in [6.07, 6.45) is 5.25. The van der Waals surface area contributed by atoms with Crippen LogP contribution in [0.15, 0.2) is 23.1 Å². The third-order valence-electron chi connectivity index (χ3n) is 5.06. The van der Waals surface area contributed by atoms with Gasteiger partial charge in [0.1, 0.15) is 11.8 Å². The van der Waals surface area contributed by atoms with Crippen molar-refractivity contribution in [2.75, 3.05) is 31.7 Å². The molecule has 1 aromatic rings. The number of piperidine rings is 1. The van der Waals surface area contributed by atoms with Crippen LogP contribution in [0.3, 0.4) is 0 Å². The Balaban J connectivity index is 1.83. The van der Waals surface area contributed by atoms with E-state index in [0.29, 0.717) is 11.3 Å². The van der Waals surface area contributed by atoms with Crippen molar-refractivity contribution < 1.29 is 23.9 Å². The van der Waals surface area contributed by atoms with Gasteiger partial charge >= 0.3 is 5.97 Å². The van der Waals surface area contributed by atoms with E-state index in [4.69, 9.17) is 9.47 Å². The average Bonchev–Trinajstić information content (AvgIpc) is 3.01. The number of esters is 1. The zero-order chi connectivity index (χ0) is 21.0. The second-order valence-electron chi connectivity index (χ2n) is 6.95. The fourth-order valence-electron chi connectivity index (χ4n) is 3.49. The summed E-state index contributed by atoms with van der Waals surface area (Å²) < 4.78 is 10.5. The molecule has 2 fully saturated rings. The minimum atomic E-state index is -0.961. The fraction of sp³-hybridized carbons (Fsp3) is 0.476. The van der Waals surface area contributed by atoms with Gasteiger partial charge in [0, 0.05) is 30.4 Å². The van der Waals surface area contributed by atoms with Crippen LogP contribution < -0.4 is 9.64 Å². The highest BCUT2D eigenvalue weighted by atomic mass is 32.2. The molecule has 0 bridgehead atoms. The highest BCUT2D eigenvalue weighted by molar-refractivity contribution is 8.18. The molecule has 156 valence electrons. The Hall–Kier alpha value is -2.48. The van der Waals surface area contributed by atoms with Crippen molar-refractivity contribution in [3.63, 3.8) is 0 Å². The second-order valence-corrected chi connectivity index (χ2v) is 7.95. The number of amides is 2. The van der Waals surface area contributed by atoms with Crippen molar-refractivity contribution >= 4 is 40.6 Å². The molecule has 0 spiro atoms. The monoisotopic (exact) mass is 418 g/mol. The minimum Gasteiger partial charge on any atom is -0.496 e. The standard InChI is InChI=1S/C21H26N2O5S/c1-4-28-20(25)14(2)23-19(24)18(29-21(23)26)12-15-8-9-16(13-17(15)27-3)22-10-6-5-7-11-22/h8-9,12-14H,4-7,10-11H2,1-3H3/b18-12+/t14-/m0/s1. The molecular formula is C21H26N2O5S. The zero-order valence-electron chi connectivity index (χ0n) is 17.0. The molecule has 29 heavy (non-hydrogen) atoms. The van der Waals surface area contributed by atoms with Crippen LogP contribution in [0, 0.1) is 0 Å². The van der Waals surface area contributed by atoms with Gasteiger partial charge in [0.2, 0.25) is 0 Å². The first-order chi connectivity index (χ1) is 14.0. The van der Waals surface area contributed by atoms with Crippen LogP contribution in [0.5, 0.6) is 5.75 Å². The van der Waals surface area contributed by atoms with Crippen molar-refractivity contribution in [1.82, 2.24) is 4.90 Å². The summed E-state index contributed by atoms with van der Waals surface area (Å²) in [5.74, 6) is -0.458. The maximum atomic E-state index is 12.7. The van der Waals surface area contributed by atoms with Crippen molar-refractivity contribution in [3.05, 3.63) is 28.7 Å². The number of hydrogen-bond donors (Lipinski definition) is 0. The number of rotatable bonds is 6. The van der Waals surface area contributed by atoms with Crippen LogP contribution in [0.1, 0.15) is 38.7 Å². The van der Waals surface area contributed by atoms with Crippen molar-refractivity contribution in [3.8, 4) is 5.75 Å². The lowest BCUT2D eigenvalue weighted by Gasteiger charge is -2.29. The summed E-state index contributed by atoms with van der Waals surface area (Å²) >= 11 is 0.817. The average molecular weight is 419 g/mol. The molecular weight excluding hydrogens is 392 g/mol. The van der Waals surface area contributed by atoms with Gasteiger partial charge in [-0.25, -0.2) is 4.79 Å². The number of imide groups is 1. The van der Waals surface area contributed by atoms with Crippen molar-refractivity contribution in [2.24, 2.45) is 0 Å². The Bertz CT molecular complexity index is 832. The van der Waals surface area contributed by atoms with Crippen LogP contribution >= 0.6 is 11.8 Å². The van der Waals surface area contributed by atoms with Gasteiger partial charge in [0.05, 0.1) is 18.6 Å². The zero-order valence-corrected chi connectivity index (χ0v) is 17.8. The molecule has 2 amide bonds. The summed E-state index contributed by atoms with van der Waals surface area (Å²) in [5, 5.41) is -0.481. The van der Waals surface area contributed by atoms with E-state index in [1.165, 1.54) is 26.2 Å². The van der Waals surface area contributed by atoms with Crippen LogP contribution in [-0.2, 0) is 14.3 Å². The first kappa shape index (κ1) is 21.2. The normalized spacial score (nSPS) is 19.6. The maximum absolute atomic E-state index is 12.7. The highest BCUT2D eigenvalue weighted by Crippen LogP contribution is 2.36. The molecule has 2 aliphatic rings. The summed E-state index contributed by atoms with van der Waals surface area (Å²) in [6, 6.07) is 4.90. The molecule has 2 saturated heterocycles. The van der Waals surface area contributed by atoms with Gasteiger partial charge in [-0.1, -0.05) is 0 Å². The number of carbonyl (C=O) groups is 3. The Morgan fingerprint density at radius 2 is 1.97 bits per heavy atom. The topological polar surface area (TPSA) is 76.2 Å². The van der Waals surface area contributed by atoms with E-state index < -0.39 is 23.2 Å². The maximum Gasteiger partial charge on any atom is 0.329 e. The van der Waals surface area contributed by atoms with E-state index in [1.807, 2.05) is 18.2 Å². The molecule has 0 aliphatic carbocycles. The summed E-state index contributed by atoms with van der Waals surface area (Å²) in [5.41, 5.74) is 1.80. The largest absolute Gasteiger partial charge is 0.496 e. The summed E-state index contributed by atoms with van der Waals surface area (Å²) in [7, 11) is 1.58. The number of carbonyl (C=O) groups excluding carboxylic acids is 3. The fourth-order valence-corrected chi connectivity index (χ4v) is 4.39. The van der Waals surface area contributed by atoms with Gasteiger partial charge in [0.15, 0.2) is 0 Å². The summed E-state index contributed by atoms with van der Waals surface area (Å²) in [6.45, 7) is 5.40. The van der Waals surface area contributed by atoms with Gasteiger partial charge in [0.25, 0.3) is 11.1 Å². The van der Waals surface area contributed by atoms with E-state index in [0.717, 1.165) is 35.4 Å². The molecule has 0 radical (unpaired) electrons. The Morgan fingerprint density at radius 1 is 1.24 bits per heavy atom. The lowest BCUT2D eigenvalue weighted by Crippen LogP contribution is -2.42. The second kappa shape index (κ2) is 9.35. The van der Waals surface area contributed by atoms with Gasteiger partial charge in [-0.05, 0) is 63.1 Å². The van der Waals surface area contributed by atoms with E-state index in [1.54, 1.807) is 20.1 Å². The molecule has 2 aliphatic heterocycles. The molecule has 8 heteroatoms. The minimum absolute atomic E-state index is 0.190. The number of ether oxygens (including phenoxy) is 2. The van der Waals surface area contributed by atoms with Crippen LogP contribution in [0.25, 0.3) is 6.08 Å². The predicted octanol–water partition coefficient (Wildman–Crippen LogP) is 3.67. The number of benzene rings is 1. The van der Waals surface area contributed by atoms with E-state index >= 15 is 0 Å². The Kier molecular flexibility index (Phi) is 6.84. The Morgan fingerprint density at radius 3 is 2.62 bits per heavy atom. The van der Waals surface area contributed by atoms with E-state index in [-0.39, 0.29) is 11.5 Å². The van der Waals surface area contributed by atoms with Crippen LogP contribution in [0.2, 0.25) is 0 Å². The smallest absolute Gasteiger partial charge is 0.329 e. The van der Waals surface area contributed by atoms with Gasteiger partial charge in [-0.15, -0.1) is 0 Å². The lowest BCUT2D eigenvalue weighted by molar-refractivity contribution is -0.150. The molecule has 1 atom stereocenters. The molecule has 0 saturated carbocycles. The number of hydrogen-bond acceptors (Lipinski definition) is 7. The van der Waals surface area contributed by atoms with Gasteiger partial charge in [-0.3, -0.25) is 14.5 Å². The highest BCUT2D eigenvalue weighted by Gasteiger charge is 2.41. The van der Waals surface area contributed by atoms with E-state index in [9.17, 15) is 14.4 Å².